The Hall–Kier alpha value is -3.17. The summed E-state index contributed by atoms with van der Waals surface area (Å²) in [5, 5.41) is 18.7. The van der Waals surface area contributed by atoms with Crippen molar-refractivity contribution in [3.05, 3.63) is 41.6 Å². The van der Waals surface area contributed by atoms with Gasteiger partial charge in [0.2, 0.25) is 23.5 Å². The van der Waals surface area contributed by atoms with Crippen molar-refractivity contribution >= 4 is 11.8 Å². The molecule has 1 aliphatic carbocycles. The molecule has 1 fully saturated rings. The summed E-state index contributed by atoms with van der Waals surface area (Å²) in [7, 11) is 1.67. The molecule has 1 saturated carbocycles. The summed E-state index contributed by atoms with van der Waals surface area (Å²) in [6, 6.07) is 8.76. The van der Waals surface area contributed by atoms with Crippen LogP contribution < -0.4 is 5.32 Å². The van der Waals surface area contributed by atoms with Crippen LogP contribution in [0.3, 0.4) is 0 Å². The SMILES string of the molecule is Cn1nnc(-c2ccc([C@@H](C(=O)Nc3cc(CC(C)(C)C)no3)[C@H]3CCC(F)(F)C3)cc2)n1. The Labute approximate surface area is 190 Å². The zero-order valence-electron chi connectivity index (χ0n) is 19.2. The van der Waals surface area contributed by atoms with Crippen LogP contribution in [-0.2, 0) is 18.3 Å². The molecular formula is C23H28F2N6O2. The second kappa shape index (κ2) is 8.64. The lowest BCUT2D eigenvalue weighted by atomic mass is 9.83. The van der Waals surface area contributed by atoms with Crippen LogP contribution in [0.1, 0.15) is 57.2 Å². The van der Waals surface area contributed by atoms with Gasteiger partial charge in [0.25, 0.3) is 0 Å². The molecule has 1 aliphatic rings. The van der Waals surface area contributed by atoms with Gasteiger partial charge in [-0.3, -0.25) is 10.1 Å². The van der Waals surface area contributed by atoms with Crippen LogP contribution in [-0.4, -0.2) is 37.2 Å². The van der Waals surface area contributed by atoms with Gasteiger partial charge >= 0.3 is 0 Å². The normalized spacial score (nSPS) is 18.9. The maximum Gasteiger partial charge on any atom is 0.248 e. The van der Waals surface area contributed by atoms with Gasteiger partial charge < -0.3 is 4.52 Å². The number of aryl methyl sites for hydroxylation is 1. The van der Waals surface area contributed by atoms with Crippen LogP contribution in [0, 0.1) is 11.3 Å². The number of aromatic nitrogens is 5. The highest BCUT2D eigenvalue weighted by Crippen LogP contribution is 2.46. The first kappa shape index (κ1) is 23.0. The van der Waals surface area contributed by atoms with E-state index in [2.05, 4.69) is 46.7 Å². The van der Waals surface area contributed by atoms with E-state index in [1.807, 2.05) is 0 Å². The van der Waals surface area contributed by atoms with E-state index in [4.69, 9.17) is 4.52 Å². The van der Waals surface area contributed by atoms with Gasteiger partial charge in [-0.15, -0.1) is 10.2 Å². The lowest BCUT2D eigenvalue weighted by Gasteiger charge is -2.23. The number of carbonyl (C=O) groups is 1. The number of halogens is 2. The fraction of sp³-hybridized carbons (Fsp3) is 0.522. The summed E-state index contributed by atoms with van der Waals surface area (Å²) in [6.45, 7) is 6.24. The molecule has 1 N–H and O–H groups in total. The number of tetrazole rings is 1. The van der Waals surface area contributed by atoms with Crippen molar-refractivity contribution in [1.82, 2.24) is 25.4 Å². The Morgan fingerprint density at radius 3 is 2.61 bits per heavy atom. The molecule has 0 radical (unpaired) electrons. The van der Waals surface area contributed by atoms with Crippen LogP contribution in [0.5, 0.6) is 0 Å². The van der Waals surface area contributed by atoms with Crippen LogP contribution in [0.25, 0.3) is 11.4 Å². The van der Waals surface area contributed by atoms with Crippen LogP contribution in [0.15, 0.2) is 34.9 Å². The lowest BCUT2D eigenvalue weighted by molar-refractivity contribution is -0.119. The van der Waals surface area contributed by atoms with Gasteiger partial charge in [0.1, 0.15) is 0 Å². The van der Waals surface area contributed by atoms with Crippen molar-refractivity contribution in [2.45, 2.75) is 58.3 Å². The Morgan fingerprint density at radius 1 is 1.30 bits per heavy atom. The summed E-state index contributed by atoms with van der Waals surface area (Å²) in [4.78, 5) is 14.6. The number of nitrogens with zero attached hydrogens (tertiary/aromatic N) is 5. The Morgan fingerprint density at radius 2 is 2.03 bits per heavy atom. The van der Waals surface area contributed by atoms with Gasteiger partial charge in [0.05, 0.1) is 18.7 Å². The molecule has 0 spiro atoms. The van der Waals surface area contributed by atoms with Gasteiger partial charge in [0, 0.05) is 24.5 Å². The molecule has 33 heavy (non-hydrogen) atoms. The van der Waals surface area contributed by atoms with E-state index in [9.17, 15) is 13.6 Å². The molecule has 1 amide bonds. The van der Waals surface area contributed by atoms with E-state index >= 15 is 0 Å². The van der Waals surface area contributed by atoms with Crippen molar-refractivity contribution in [1.29, 1.82) is 0 Å². The lowest BCUT2D eigenvalue weighted by Crippen LogP contribution is -2.27. The quantitative estimate of drug-likeness (QED) is 0.579. The predicted octanol–water partition coefficient (Wildman–Crippen LogP) is 4.61. The van der Waals surface area contributed by atoms with Gasteiger partial charge in [-0.2, -0.15) is 4.80 Å². The number of alkyl halides is 2. The van der Waals surface area contributed by atoms with Crippen molar-refractivity contribution < 1.29 is 18.1 Å². The van der Waals surface area contributed by atoms with Crippen molar-refractivity contribution in [3.63, 3.8) is 0 Å². The van der Waals surface area contributed by atoms with Gasteiger partial charge in [-0.25, -0.2) is 8.78 Å². The molecule has 0 aliphatic heterocycles. The molecule has 8 nitrogen and oxygen atoms in total. The monoisotopic (exact) mass is 458 g/mol. The summed E-state index contributed by atoms with van der Waals surface area (Å²) in [6.07, 6.45) is 0.401. The van der Waals surface area contributed by atoms with Crippen LogP contribution >= 0.6 is 0 Å². The smallest absolute Gasteiger partial charge is 0.248 e. The van der Waals surface area contributed by atoms with Gasteiger partial charge in [-0.05, 0) is 35.0 Å². The fourth-order valence-electron chi connectivity index (χ4n) is 4.34. The third-order valence-corrected chi connectivity index (χ3v) is 5.75. The molecule has 0 saturated heterocycles. The molecule has 1 aromatic carbocycles. The van der Waals surface area contributed by atoms with Crippen molar-refractivity contribution in [2.75, 3.05) is 5.32 Å². The number of anilines is 1. The van der Waals surface area contributed by atoms with E-state index in [0.29, 0.717) is 17.8 Å². The predicted molar refractivity (Wildman–Crippen MR) is 118 cm³/mol. The minimum absolute atomic E-state index is 0.00977. The first-order chi connectivity index (χ1) is 15.5. The highest BCUT2D eigenvalue weighted by molar-refractivity contribution is 5.95. The van der Waals surface area contributed by atoms with E-state index in [-0.39, 0.29) is 36.5 Å². The van der Waals surface area contributed by atoms with Crippen LogP contribution in [0.2, 0.25) is 0 Å². The third-order valence-electron chi connectivity index (χ3n) is 5.75. The fourth-order valence-corrected chi connectivity index (χ4v) is 4.34. The highest BCUT2D eigenvalue weighted by Gasteiger charge is 2.45. The maximum absolute atomic E-state index is 14.0. The summed E-state index contributed by atoms with van der Waals surface area (Å²) >= 11 is 0. The molecule has 3 aromatic rings. The molecule has 0 unspecified atom stereocenters. The topological polar surface area (TPSA) is 98.7 Å². The highest BCUT2D eigenvalue weighted by atomic mass is 19.3. The number of nitrogens with one attached hydrogen (secondary N) is 1. The van der Waals surface area contributed by atoms with Crippen molar-refractivity contribution in [2.24, 2.45) is 18.4 Å². The minimum atomic E-state index is -2.77. The molecule has 2 aromatic heterocycles. The van der Waals surface area contributed by atoms with Crippen LogP contribution in [0.4, 0.5) is 14.7 Å². The van der Waals surface area contributed by atoms with E-state index in [1.54, 1.807) is 37.4 Å². The average molecular weight is 459 g/mol. The summed E-state index contributed by atoms with van der Waals surface area (Å²) in [5.41, 5.74) is 2.11. The number of benzene rings is 1. The number of hydrogen-bond acceptors (Lipinski definition) is 6. The number of carbonyl (C=O) groups excluding carboxylic acids is 1. The van der Waals surface area contributed by atoms with Gasteiger partial charge in [0.15, 0.2) is 0 Å². The zero-order chi connectivity index (χ0) is 23.8. The molecule has 2 atom stereocenters. The summed E-state index contributed by atoms with van der Waals surface area (Å²) in [5.74, 6) is -3.73. The Balaban J connectivity index is 1.57. The molecule has 2 heterocycles. The number of hydrogen-bond donors (Lipinski definition) is 1. The first-order valence-corrected chi connectivity index (χ1v) is 11.0. The maximum atomic E-state index is 14.0. The van der Waals surface area contributed by atoms with Gasteiger partial charge in [-0.1, -0.05) is 50.2 Å². The standard InChI is InChI=1S/C23H28F2N6O2/c1-22(2,3)13-17-11-18(33-29-17)26-21(32)19(16-9-10-23(24,25)12-16)14-5-7-15(8-6-14)20-27-30-31(4)28-20/h5-8,11,16,19H,9-10,12-13H2,1-4H3,(H,26,32)/t16-,19+/m0/s1. The molecule has 176 valence electrons. The largest absolute Gasteiger partial charge is 0.338 e. The second-order valence-electron chi connectivity index (χ2n) is 9.97. The molecular weight excluding hydrogens is 430 g/mol. The third kappa shape index (κ3) is 5.61. The number of amides is 1. The molecule has 0 bridgehead atoms. The second-order valence-corrected chi connectivity index (χ2v) is 9.97. The van der Waals surface area contributed by atoms with Crippen molar-refractivity contribution in [3.8, 4) is 11.4 Å². The Bertz CT molecular complexity index is 1120. The van der Waals surface area contributed by atoms with E-state index < -0.39 is 17.8 Å². The molecule has 10 heteroatoms. The van der Waals surface area contributed by atoms with E-state index in [0.717, 1.165) is 11.3 Å². The first-order valence-electron chi connectivity index (χ1n) is 11.0. The Kier molecular flexibility index (Phi) is 6.02. The minimum Gasteiger partial charge on any atom is -0.338 e. The number of rotatable bonds is 6. The van der Waals surface area contributed by atoms with E-state index in [1.165, 1.54) is 4.80 Å². The average Bonchev–Trinajstić information content (AvgIpc) is 3.42. The zero-order valence-corrected chi connectivity index (χ0v) is 19.2. The summed E-state index contributed by atoms with van der Waals surface area (Å²) < 4.78 is 33.3. The molecule has 4 rings (SSSR count).